The number of carbonyl (C=O) groups excluding carboxylic acids is 1. The number of benzene rings is 2. The summed E-state index contributed by atoms with van der Waals surface area (Å²) < 4.78 is 10.8. The Bertz CT molecular complexity index is 703. The molecule has 0 atom stereocenters. The average Bonchev–Trinajstić information content (AvgIpc) is 2.61. The first-order valence-corrected chi connectivity index (χ1v) is 8.99. The summed E-state index contributed by atoms with van der Waals surface area (Å²) in [5, 5.41) is 12.7. The van der Waals surface area contributed by atoms with E-state index < -0.39 is 5.97 Å². The van der Waals surface area contributed by atoms with Crippen molar-refractivity contribution < 1.29 is 14.3 Å². The Morgan fingerprint density at radius 1 is 1.12 bits per heavy atom. The zero-order valence-electron chi connectivity index (χ0n) is 14.3. The fourth-order valence-corrected chi connectivity index (χ4v) is 3.37. The van der Waals surface area contributed by atoms with Crippen LogP contribution in [0.4, 0.5) is 0 Å². The van der Waals surface area contributed by atoms with Crippen LogP contribution in [0, 0.1) is 8.78 Å². The maximum Gasteiger partial charge on any atom is 0.318 e. The smallest absolute Gasteiger partial charge is 0.318 e. The van der Waals surface area contributed by atoms with Gasteiger partial charge < -0.3 is 19.7 Å². The maximum absolute atomic E-state index is 12.0. The normalized spacial score (nSPS) is 10.8. The molecule has 2 aromatic carbocycles. The number of nitrogens with zero attached hydrogens (tertiary/aromatic N) is 1. The van der Waals surface area contributed by atoms with Crippen LogP contribution in [0.3, 0.4) is 0 Å². The van der Waals surface area contributed by atoms with E-state index in [1.54, 1.807) is 7.11 Å². The van der Waals surface area contributed by atoms with Crippen molar-refractivity contribution in [1.29, 1.82) is 0 Å². The molecule has 0 aliphatic rings. The Hall–Kier alpha value is -1.64. The highest BCUT2D eigenvalue weighted by atomic mass is 127. The first-order chi connectivity index (χ1) is 12.0. The van der Waals surface area contributed by atoms with Gasteiger partial charge in [-0.25, -0.2) is 0 Å². The van der Waals surface area contributed by atoms with Crippen molar-refractivity contribution in [2.45, 2.75) is 19.4 Å². The fraction of sp³-hybridized carbons (Fsp3) is 0.316. The van der Waals surface area contributed by atoms with Gasteiger partial charge in [0.05, 0.1) is 20.8 Å². The molecule has 0 saturated carbocycles. The lowest BCUT2D eigenvalue weighted by molar-refractivity contribution is -0.141. The molecule has 134 valence electrons. The maximum atomic E-state index is 12.0. The lowest BCUT2D eigenvalue weighted by Crippen LogP contribution is -2.25. The van der Waals surface area contributed by atoms with Crippen LogP contribution >= 0.6 is 22.6 Å². The molecule has 0 unspecified atom stereocenters. The number of hydrogen-bond donors (Lipinski definition) is 0. The molecule has 0 N–H and O–H groups in total. The molecule has 6 heteroatoms. The van der Waals surface area contributed by atoms with Crippen LogP contribution in [0.15, 0.2) is 42.5 Å². The van der Waals surface area contributed by atoms with E-state index in [1.807, 2.05) is 42.5 Å². The summed E-state index contributed by atoms with van der Waals surface area (Å²) in [6.07, 6.45) is 1.69. The summed E-state index contributed by atoms with van der Waals surface area (Å²) in [6.45, 7) is -0.0935. The van der Waals surface area contributed by atoms with Gasteiger partial charge in [0.25, 0.3) is 0 Å². The lowest BCUT2D eigenvalue weighted by Gasteiger charge is -2.28. The molecule has 0 bridgehead atoms. The lowest BCUT2D eigenvalue weighted by atomic mass is 9.99. The Morgan fingerprint density at radius 2 is 1.84 bits per heavy atom. The van der Waals surface area contributed by atoms with Crippen LogP contribution in [0.1, 0.15) is 16.7 Å². The van der Waals surface area contributed by atoms with Gasteiger partial charge in [-0.3, -0.25) is 4.79 Å². The number of aryl methyl sites for hydroxylation is 1. The molecular formula is C19H21INO4-. The number of hydrogen-bond acceptors (Lipinski definition) is 5. The minimum absolute atomic E-state index is 0.171. The largest absolute Gasteiger partial charge is 0.785 e. The van der Waals surface area contributed by atoms with Gasteiger partial charge in [-0.05, 0) is 70.3 Å². The average molecular weight is 454 g/mol. The van der Waals surface area contributed by atoms with Crippen LogP contribution in [-0.2, 0) is 28.9 Å². The molecule has 0 heterocycles. The van der Waals surface area contributed by atoms with Crippen molar-refractivity contribution in [2.75, 3.05) is 20.8 Å². The van der Waals surface area contributed by atoms with Gasteiger partial charge in [0.15, 0.2) is 0 Å². The summed E-state index contributed by atoms with van der Waals surface area (Å²) in [5.74, 6) is 0.309. The van der Waals surface area contributed by atoms with Gasteiger partial charge >= 0.3 is 5.97 Å². The van der Waals surface area contributed by atoms with Gasteiger partial charge in [0.1, 0.15) is 5.75 Å². The second kappa shape index (κ2) is 9.74. The molecule has 0 aromatic heterocycles. The first-order valence-electron chi connectivity index (χ1n) is 7.91. The van der Waals surface area contributed by atoms with Crippen molar-refractivity contribution in [1.82, 2.24) is 5.06 Å². The Labute approximate surface area is 161 Å². The van der Waals surface area contributed by atoms with E-state index in [1.165, 1.54) is 12.7 Å². The molecule has 0 saturated heterocycles. The summed E-state index contributed by atoms with van der Waals surface area (Å²) in [6, 6.07) is 13.9. The van der Waals surface area contributed by atoms with E-state index in [9.17, 15) is 10.0 Å². The number of ether oxygens (including phenoxy) is 2. The molecular weight excluding hydrogens is 433 g/mol. The van der Waals surface area contributed by atoms with E-state index >= 15 is 0 Å². The quantitative estimate of drug-likeness (QED) is 0.347. The zero-order chi connectivity index (χ0) is 18.2. The van der Waals surface area contributed by atoms with Gasteiger partial charge in [-0.1, -0.05) is 24.3 Å². The second-order valence-electron chi connectivity index (χ2n) is 5.60. The molecule has 0 amide bonds. The molecule has 0 aliphatic carbocycles. The van der Waals surface area contributed by atoms with Crippen molar-refractivity contribution in [2.24, 2.45) is 0 Å². The monoisotopic (exact) mass is 454 g/mol. The zero-order valence-corrected chi connectivity index (χ0v) is 16.5. The molecule has 25 heavy (non-hydrogen) atoms. The summed E-state index contributed by atoms with van der Waals surface area (Å²) in [7, 11) is 2.93. The van der Waals surface area contributed by atoms with Gasteiger partial charge in [0, 0.05) is 10.1 Å². The highest BCUT2D eigenvalue weighted by Crippen LogP contribution is 2.21. The van der Waals surface area contributed by atoms with Crippen LogP contribution < -0.4 is 4.74 Å². The third-order valence-electron chi connectivity index (χ3n) is 3.92. The number of rotatable bonds is 8. The highest BCUT2D eigenvalue weighted by Gasteiger charge is 2.10. The van der Waals surface area contributed by atoms with E-state index in [-0.39, 0.29) is 13.1 Å². The Morgan fingerprint density at radius 3 is 2.48 bits per heavy atom. The van der Waals surface area contributed by atoms with E-state index in [4.69, 9.17) is 4.74 Å². The number of methoxy groups -OCH3 is 2. The molecule has 2 aromatic rings. The number of halogens is 1. The molecule has 0 spiro atoms. The third-order valence-corrected chi connectivity index (χ3v) is 4.93. The molecule has 0 fully saturated rings. The second-order valence-corrected chi connectivity index (χ2v) is 6.76. The van der Waals surface area contributed by atoms with Crippen LogP contribution in [0.5, 0.6) is 5.75 Å². The SMILES string of the molecule is COC(=O)CN([O-])Cc1cccc(I)c1CCc1ccc(OC)cc1. The number of hydroxylamine groups is 2. The summed E-state index contributed by atoms with van der Waals surface area (Å²) >= 11 is 2.29. The van der Waals surface area contributed by atoms with Crippen molar-refractivity contribution in [3.05, 3.63) is 67.9 Å². The predicted octanol–water partition coefficient (Wildman–Crippen LogP) is 3.56. The Balaban J connectivity index is 2.07. The molecule has 5 nitrogen and oxygen atoms in total. The van der Waals surface area contributed by atoms with E-state index in [0.29, 0.717) is 0 Å². The van der Waals surface area contributed by atoms with Crippen LogP contribution in [0.25, 0.3) is 0 Å². The standard InChI is InChI=1S/C19H21INO4/c1-24-16-9-6-14(7-10-16)8-11-17-15(4-3-5-18(17)20)12-21(23)13-19(22)25-2/h3-7,9-10H,8,11-13H2,1-2H3/q-1. The number of carbonyl (C=O) groups is 1. The van der Waals surface area contributed by atoms with Gasteiger partial charge in [-0.15, -0.1) is 0 Å². The van der Waals surface area contributed by atoms with Crippen molar-refractivity contribution in [3.8, 4) is 5.75 Å². The van der Waals surface area contributed by atoms with Crippen LogP contribution in [0.2, 0.25) is 0 Å². The van der Waals surface area contributed by atoms with Crippen molar-refractivity contribution >= 4 is 28.6 Å². The molecule has 0 aliphatic heterocycles. The first kappa shape index (κ1) is 19.7. The van der Waals surface area contributed by atoms with Gasteiger partial charge in [-0.2, -0.15) is 0 Å². The topological polar surface area (TPSA) is 61.8 Å². The minimum Gasteiger partial charge on any atom is -0.785 e. The van der Waals surface area contributed by atoms with Crippen molar-refractivity contribution in [3.63, 3.8) is 0 Å². The minimum atomic E-state index is -0.527. The molecule has 0 radical (unpaired) electrons. The fourth-order valence-electron chi connectivity index (χ4n) is 2.55. The summed E-state index contributed by atoms with van der Waals surface area (Å²) in [5.41, 5.74) is 3.30. The summed E-state index contributed by atoms with van der Waals surface area (Å²) in [4.78, 5) is 11.3. The predicted molar refractivity (Wildman–Crippen MR) is 105 cm³/mol. The molecule has 2 rings (SSSR count). The van der Waals surface area contributed by atoms with Crippen LogP contribution in [-0.4, -0.2) is 31.8 Å². The Kier molecular flexibility index (Phi) is 7.67. The van der Waals surface area contributed by atoms with E-state index in [0.717, 1.165) is 38.4 Å². The third kappa shape index (κ3) is 5.98. The van der Waals surface area contributed by atoms with E-state index in [2.05, 4.69) is 27.3 Å². The highest BCUT2D eigenvalue weighted by molar-refractivity contribution is 14.1. The van der Waals surface area contributed by atoms with Gasteiger partial charge in [0.2, 0.25) is 0 Å². The number of esters is 1.